The summed E-state index contributed by atoms with van der Waals surface area (Å²) in [5.41, 5.74) is 3.01. The van der Waals surface area contributed by atoms with Crippen LogP contribution in [0.5, 0.6) is 5.75 Å². The molecule has 148 valence electrons. The molecule has 2 aromatic rings. The molecule has 0 aromatic heterocycles. The normalized spacial score (nSPS) is 20.6. The molecule has 6 nitrogen and oxygen atoms in total. The van der Waals surface area contributed by atoms with Gasteiger partial charge in [-0.2, -0.15) is 5.26 Å². The van der Waals surface area contributed by atoms with E-state index in [-0.39, 0.29) is 24.0 Å². The van der Waals surface area contributed by atoms with E-state index in [0.29, 0.717) is 18.6 Å². The highest BCUT2D eigenvalue weighted by Crippen LogP contribution is 2.44. The molecule has 0 saturated carbocycles. The van der Waals surface area contributed by atoms with Gasteiger partial charge in [0.1, 0.15) is 11.2 Å². The maximum Gasteiger partial charge on any atom is 0.308 e. The highest BCUT2D eigenvalue weighted by Gasteiger charge is 2.36. The number of nitrogens with one attached hydrogen (secondary N) is 1. The Morgan fingerprint density at radius 3 is 2.90 bits per heavy atom. The summed E-state index contributed by atoms with van der Waals surface area (Å²) in [6, 6.07) is 13.3. The van der Waals surface area contributed by atoms with Gasteiger partial charge in [-0.1, -0.05) is 12.1 Å². The zero-order chi connectivity index (χ0) is 20.4. The Labute approximate surface area is 173 Å². The molecule has 2 aromatic carbocycles. The van der Waals surface area contributed by atoms with Crippen molar-refractivity contribution in [3.8, 4) is 11.2 Å². The van der Waals surface area contributed by atoms with Crippen LogP contribution in [0.1, 0.15) is 49.4 Å². The fourth-order valence-corrected chi connectivity index (χ4v) is 4.56. The standard InChI is InChI=1S/C22H21N3O3S/c1-14(26)28-16-5-2-4-15(10-16)20-12-21(25-9-3-6-22(25)27)18-11-17(29-13-23)7-8-19(18)24-20/h2,4-5,7-8,10-11,20-21,24H,3,6,9,12H2,1H3. The summed E-state index contributed by atoms with van der Waals surface area (Å²) in [5.74, 6) is 0.331. The lowest BCUT2D eigenvalue weighted by molar-refractivity contribution is -0.132. The maximum absolute atomic E-state index is 12.5. The van der Waals surface area contributed by atoms with Crippen LogP contribution in [0.2, 0.25) is 0 Å². The molecule has 0 spiro atoms. The minimum Gasteiger partial charge on any atom is -0.427 e. The van der Waals surface area contributed by atoms with Gasteiger partial charge in [0.25, 0.3) is 0 Å². The van der Waals surface area contributed by atoms with Crippen molar-refractivity contribution < 1.29 is 14.3 Å². The Kier molecular flexibility index (Phi) is 5.45. The predicted octanol–water partition coefficient (Wildman–Crippen LogP) is 4.41. The van der Waals surface area contributed by atoms with Crippen LogP contribution in [0.3, 0.4) is 0 Å². The van der Waals surface area contributed by atoms with Crippen LogP contribution in [-0.2, 0) is 9.59 Å². The number of nitriles is 1. The van der Waals surface area contributed by atoms with E-state index in [1.54, 1.807) is 6.07 Å². The third-order valence-electron chi connectivity index (χ3n) is 5.34. The van der Waals surface area contributed by atoms with Gasteiger partial charge < -0.3 is 15.0 Å². The molecule has 2 atom stereocenters. The number of anilines is 1. The van der Waals surface area contributed by atoms with Crippen molar-refractivity contribution in [3.63, 3.8) is 0 Å². The average molecular weight is 407 g/mol. The van der Waals surface area contributed by atoms with Gasteiger partial charge in [0.15, 0.2) is 0 Å². The molecule has 0 bridgehead atoms. The smallest absolute Gasteiger partial charge is 0.308 e. The summed E-state index contributed by atoms with van der Waals surface area (Å²) in [7, 11) is 0. The number of hydrogen-bond donors (Lipinski definition) is 1. The Hall–Kier alpha value is -2.98. The highest BCUT2D eigenvalue weighted by molar-refractivity contribution is 8.03. The first-order valence-electron chi connectivity index (χ1n) is 9.59. The van der Waals surface area contributed by atoms with E-state index < -0.39 is 0 Å². The van der Waals surface area contributed by atoms with Gasteiger partial charge in [-0.05, 0) is 66.1 Å². The predicted molar refractivity (Wildman–Crippen MR) is 110 cm³/mol. The van der Waals surface area contributed by atoms with E-state index in [1.165, 1.54) is 6.92 Å². The Morgan fingerprint density at radius 2 is 2.17 bits per heavy atom. The monoisotopic (exact) mass is 407 g/mol. The number of nitrogens with zero attached hydrogens (tertiary/aromatic N) is 2. The Morgan fingerprint density at radius 1 is 1.31 bits per heavy atom. The molecule has 2 aliphatic rings. The number of benzene rings is 2. The molecule has 4 rings (SSSR count). The number of ether oxygens (including phenoxy) is 1. The molecule has 2 unspecified atom stereocenters. The minimum absolute atomic E-state index is 0.0223. The van der Waals surface area contributed by atoms with Crippen LogP contribution in [-0.4, -0.2) is 23.3 Å². The van der Waals surface area contributed by atoms with Gasteiger partial charge in [0.05, 0.1) is 12.1 Å². The number of amides is 1. The van der Waals surface area contributed by atoms with Crippen molar-refractivity contribution in [2.75, 3.05) is 11.9 Å². The Bertz CT molecular complexity index is 1000. The molecule has 2 aliphatic heterocycles. The number of rotatable bonds is 4. The largest absolute Gasteiger partial charge is 0.427 e. The molecule has 0 aliphatic carbocycles. The van der Waals surface area contributed by atoms with E-state index in [0.717, 1.165) is 46.4 Å². The number of carbonyl (C=O) groups excluding carboxylic acids is 2. The summed E-state index contributed by atoms with van der Waals surface area (Å²) in [4.78, 5) is 26.6. The summed E-state index contributed by atoms with van der Waals surface area (Å²) < 4.78 is 5.24. The van der Waals surface area contributed by atoms with Crippen molar-refractivity contribution in [2.45, 2.75) is 43.2 Å². The molecule has 29 heavy (non-hydrogen) atoms. The molecule has 1 fully saturated rings. The lowest BCUT2D eigenvalue weighted by atomic mass is 9.88. The third kappa shape index (κ3) is 4.08. The number of fused-ring (bicyclic) bond motifs is 1. The van der Waals surface area contributed by atoms with Crippen molar-refractivity contribution in [2.24, 2.45) is 0 Å². The number of thiocyanates is 1. The topological polar surface area (TPSA) is 82.4 Å². The van der Waals surface area contributed by atoms with Gasteiger partial charge in [0, 0.05) is 30.5 Å². The Balaban J connectivity index is 1.70. The molecule has 1 amide bonds. The molecule has 0 radical (unpaired) electrons. The molecule has 2 heterocycles. The molecular formula is C22H21N3O3S. The molecule has 1 N–H and O–H groups in total. The second-order valence-electron chi connectivity index (χ2n) is 7.25. The zero-order valence-corrected chi connectivity index (χ0v) is 16.9. The highest BCUT2D eigenvalue weighted by atomic mass is 32.2. The number of hydrogen-bond acceptors (Lipinski definition) is 6. The molecular weight excluding hydrogens is 386 g/mol. The van der Waals surface area contributed by atoms with E-state index in [4.69, 9.17) is 10.00 Å². The van der Waals surface area contributed by atoms with E-state index in [2.05, 4.69) is 10.7 Å². The van der Waals surface area contributed by atoms with Crippen LogP contribution < -0.4 is 10.1 Å². The maximum atomic E-state index is 12.5. The number of esters is 1. The lowest BCUT2D eigenvalue weighted by Crippen LogP contribution is -2.35. The average Bonchev–Trinajstić information content (AvgIpc) is 3.13. The van der Waals surface area contributed by atoms with Crippen molar-refractivity contribution in [1.82, 2.24) is 4.90 Å². The number of thioether (sulfide) groups is 1. The van der Waals surface area contributed by atoms with Crippen LogP contribution in [0, 0.1) is 10.7 Å². The first kappa shape index (κ1) is 19.3. The fourth-order valence-electron chi connectivity index (χ4n) is 4.13. The van der Waals surface area contributed by atoms with Crippen LogP contribution in [0.25, 0.3) is 0 Å². The van der Waals surface area contributed by atoms with E-state index in [1.807, 2.05) is 41.3 Å². The first-order valence-corrected chi connectivity index (χ1v) is 10.4. The second-order valence-corrected chi connectivity index (χ2v) is 8.11. The zero-order valence-electron chi connectivity index (χ0n) is 16.1. The van der Waals surface area contributed by atoms with Crippen LogP contribution in [0.4, 0.5) is 5.69 Å². The number of carbonyl (C=O) groups is 2. The minimum atomic E-state index is -0.354. The van der Waals surface area contributed by atoms with Crippen molar-refractivity contribution >= 4 is 29.3 Å². The summed E-state index contributed by atoms with van der Waals surface area (Å²) in [6.45, 7) is 2.13. The SMILES string of the molecule is CC(=O)Oc1cccc(C2CC(N3CCCC3=O)c3cc(SC#N)ccc3N2)c1. The first-order chi connectivity index (χ1) is 14.0. The van der Waals surface area contributed by atoms with Crippen LogP contribution in [0.15, 0.2) is 47.4 Å². The van der Waals surface area contributed by atoms with Crippen molar-refractivity contribution in [1.29, 1.82) is 5.26 Å². The summed E-state index contributed by atoms with van der Waals surface area (Å²) >= 11 is 1.12. The second kappa shape index (κ2) is 8.18. The molecule has 1 saturated heterocycles. The van der Waals surface area contributed by atoms with Crippen LogP contribution >= 0.6 is 11.8 Å². The van der Waals surface area contributed by atoms with Gasteiger partial charge in [-0.25, -0.2) is 0 Å². The van der Waals surface area contributed by atoms with Gasteiger partial charge in [0.2, 0.25) is 5.91 Å². The van der Waals surface area contributed by atoms with Crippen molar-refractivity contribution in [3.05, 3.63) is 53.6 Å². The van der Waals surface area contributed by atoms with E-state index >= 15 is 0 Å². The van der Waals surface area contributed by atoms with Gasteiger partial charge in [-0.15, -0.1) is 0 Å². The fraction of sp³-hybridized carbons (Fsp3) is 0.318. The van der Waals surface area contributed by atoms with Gasteiger partial charge >= 0.3 is 5.97 Å². The quantitative estimate of drug-likeness (QED) is 0.350. The number of likely N-dealkylation sites (tertiary alicyclic amines) is 1. The third-order valence-corrected chi connectivity index (χ3v) is 5.92. The summed E-state index contributed by atoms with van der Waals surface area (Å²) in [5, 5.41) is 14.7. The van der Waals surface area contributed by atoms with Gasteiger partial charge in [-0.3, -0.25) is 9.59 Å². The lowest BCUT2D eigenvalue weighted by Gasteiger charge is -2.38. The summed E-state index contributed by atoms with van der Waals surface area (Å²) in [6.07, 6.45) is 2.17. The molecule has 7 heteroatoms. The van der Waals surface area contributed by atoms with E-state index in [9.17, 15) is 9.59 Å².